The number of carboxylic acids is 1. The molecule has 0 aromatic heterocycles. The van der Waals surface area contributed by atoms with E-state index in [0.29, 0.717) is 47.1 Å². The Kier molecular flexibility index (Phi) is 10.7. The number of carbonyl (C=O) groups is 1. The van der Waals surface area contributed by atoms with Crippen molar-refractivity contribution in [2.75, 3.05) is 12.4 Å². The van der Waals surface area contributed by atoms with Crippen molar-refractivity contribution >= 4 is 35.0 Å². The summed E-state index contributed by atoms with van der Waals surface area (Å²) in [5, 5.41) is 28.9. The number of phenolic OH excluding ortho intramolecular Hbond substituents is 1. The molecular weight excluding hydrogens is 494 g/mol. The van der Waals surface area contributed by atoms with Gasteiger partial charge in [0, 0.05) is 27.5 Å². The summed E-state index contributed by atoms with van der Waals surface area (Å²) in [5.74, 6) is 0.717. The van der Waals surface area contributed by atoms with Crippen LogP contribution in [-0.4, -0.2) is 34.3 Å². The molecule has 0 aliphatic rings. The lowest BCUT2D eigenvalue weighted by atomic mass is 9.97. The fraction of sp³-hybridized carbons (Fsp3) is 0.310. The quantitative estimate of drug-likeness (QED) is 0.118. The average Bonchev–Trinajstić information content (AvgIpc) is 2.85. The Balaban J connectivity index is 1.55. The highest BCUT2D eigenvalue weighted by molar-refractivity contribution is 7.99. The van der Waals surface area contributed by atoms with Crippen LogP contribution in [0.25, 0.3) is 0 Å². The molecule has 0 bridgehead atoms. The molecule has 0 amide bonds. The molecule has 0 atom stereocenters. The Hall–Kier alpha value is -2.96. The maximum atomic E-state index is 11.0. The van der Waals surface area contributed by atoms with Crippen LogP contribution in [0.4, 0.5) is 0 Å². The van der Waals surface area contributed by atoms with E-state index in [9.17, 15) is 9.90 Å². The number of thioether (sulfide) groups is 1. The van der Waals surface area contributed by atoms with Crippen LogP contribution in [0.1, 0.15) is 48.4 Å². The number of phenols is 1. The molecule has 3 aromatic carbocycles. The second-order valence-corrected chi connectivity index (χ2v) is 10.1. The van der Waals surface area contributed by atoms with Crippen molar-refractivity contribution in [3.05, 3.63) is 87.9 Å². The first kappa shape index (κ1) is 27.6. The van der Waals surface area contributed by atoms with Crippen LogP contribution in [0.15, 0.2) is 65.6 Å². The van der Waals surface area contributed by atoms with Crippen molar-refractivity contribution in [1.82, 2.24) is 0 Å². The van der Waals surface area contributed by atoms with Gasteiger partial charge in [0.15, 0.2) is 0 Å². The van der Waals surface area contributed by atoms with Crippen LogP contribution >= 0.6 is 23.4 Å². The number of ether oxygens (including phenoxy) is 1. The minimum atomic E-state index is -0.880. The third kappa shape index (κ3) is 8.04. The third-order valence-corrected chi connectivity index (χ3v) is 7.31. The number of hydrogen-bond acceptors (Lipinski definition) is 5. The summed E-state index contributed by atoms with van der Waals surface area (Å²) in [6.07, 6.45) is 3.57. The number of aryl methyl sites for hydroxylation is 1. The first-order chi connectivity index (χ1) is 17.4. The van der Waals surface area contributed by atoms with Gasteiger partial charge in [0.1, 0.15) is 11.5 Å². The SMILES string of the molecule is CCCc1c(OCCCSc2ccc(CC(=O)O)cc2Cl)ccc(C(=N)CCc2ccccc2)c1O. The molecule has 0 radical (unpaired) electrons. The van der Waals surface area contributed by atoms with Gasteiger partial charge in [0.25, 0.3) is 0 Å². The monoisotopic (exact) mass is 525 g/mol. The Morgan fingerprint density at radius 3 is 2.53 bits per heavy atom. The van der Waals surface area contributed by atoms with Gasteiger partial charge in [-0.3, -0.25) is 4.79 Å². The Morgan fingerprint density at radius 2 is 1.83 bits per heavy atom. The minimum absolute atomic E-state index is 0.0449. The zero-order valence-corrected chi connectivity index (χ0v) is 22.0. The van der Waals surface area contributed by atoms with Crippen molar-refractivity contribution in [2.45, 2.75) is 50.3 Å². The summed E-state index contributed by atoms with van der Waals surface area (Å²) >= 11 is 7.90. The zero-order valence-electron chi connectivity index (χ0n) is 20.4. The molecule has 0 unspecified atom stereocenters. The largest absolute Gasteiger partial charge is 0.507 e. The third-order valence-electron chi connectivity index (χ3n) is 5.73. The van der Waals surface area contributed by atoms with E-state index in [-0.39, 0.29) is 12.2 Å². The van der Waals surface area contributed by atoms with Crippen molar-refractivity contribution < 1.29 is 19.7 Å². The van der Waals surface area contributed by atoms with Crippen LogP contribution < -0.4 is 4.74 Å². The van der Waals surface area contributed by atoms with E-state index in [1.54, 1.807) is 30.0 Å². The maximum absolute atomic E-state index is 11.0. The van der Waals surface area contributed by atoms with Crippen molar-refractivity contribution in [3.8, 4) is 11.5 Å². The fourth-order valence-corrected chi connectivity index (χ4v) is 5.12. The molecule has 0 aliphatic carbocycles. The fourth-order valence-electron chi connectivity index (χ4n) is 3.91. The van der Waals surface area contributed by atoms with E-state index in [4.69, 9.17) is 26.9 Å². The van der Waals surface area contributed by atoms with Crippen molar-refractivity contribution in [2.24, 2.45) is 0 Å². The highest BCUT2D eigenvalue weighted by Crippen LogP contribution is 2.34. The van der Waals surface area contributed by atoms with E-state index >= 15 is 0 Å². The number of benzene rings is 3. The molecule has 36 heavy (non-hydrogen) atoms. The van der Waals surface area contributed by atoms with Crippen LogP contribution in [0.5, 0.6) is 11.5 Å². The molecule has 0 saturated heterocycles. The Morgan fingerprint density at radius 1 is 1.06 bits per heavy atom. The smallest absolute Gasteiger partial charge is 0.307 e. The summed E-state index contributed by atoms with van der Waals surface area (Å²) in [6, 6.07) is 19.1. The van der Waals surface area contributed by atoms with Crippen LogP contribution in [-0.2, 0) is 24.1 Å². The molecule has 3 aromatic rings. The topological polar surface area (TPSA) is 90.6 Å². The molecule has 7 heteroatoms. The highest BCUT2D eigenvalue weighted by Gasteiger charge is 2.16. The van der Waals surface area contributed by atoms with Gasteiger partial charge in [0.05, 0.1) is 18.1 Å². The first-order valence-electron chi connectivity index (χ1n) is 12.1. The molecule has 0 heterocycles. The maximum Gasteiger partial charge on any atom is 0.307 e. The Labute approximate surface area is 222 Å². The molecule has 190 valence electrons. The number of hydrogen-bond donors (Lipinski definition) is 3. The lowest BCUT2D eigenvalue weighted by Crippen LogP contribution is -2.06. The van der Waals surface area contributed by atoms with Gasteiger partial charge in [-0.2, -0.15) is 0 Å². The zero-order chi connectivity index (χ0) is 25.9. The summed E-state index contributed by atoms with van der Waals surface area (Å²) in [4.78, 5) is 11.8. The van der Waals surface area contributed by atoms with Gasteiger partial charge in [-0.25, -0.2) is 0 Å². The second-order valence-electron chi connectivity index (χ2n) is 8.54. The number of aromatic hydroxyl groups is 1. The van der Waals surface area contributed by atoms with E-state index < -0.39 is 5.97 Å². The molecule has 5 nitrogen and oxygen atoms in total. The summed E-state index contributed by atoms with van der Waals surface area (Å²) in [7, 11) is 0. The summed E-state index contributed by atoms with van der Waals surface area (Å²) in [6.45, 7) is 2.54. The van der Waals surface area contributed by atoms with Crippen LogP contribution in [0.2, 0.25) is 5.02 Å². The summed E-state index contributed by atoms with van der Waals surface area (Å²) < 4.78 is 6.02. The predicted octanol–water partition coefficient (Wildman–Crippen LogP) is 7.19. The Bertz CT molecular complexity index is 1180. The number of aliphatic carboxylic acids is 1. The van der Waals surface area contributed by atoms with Crippen LogP contribution in [0, 0.1) is 5.41 Å². The van der Waals surface area contributed by atoms with Gasteiger partial charge >= 0.3 is 5.97 Å². The van der Waals surface area contributed by atoms with Gasteiger partial charge in [-0.15, -0.1) is 11.8 Å². The lowest BCUT2D eigenvalue weighted by molar-refractivity contribution is -0.136. The number of carboxylic acid groups (broad SMARTS) is 1. The second kappa shape index (κ2) is 14.0. The van der Waals surface area contributed by atoms with Gasteiger partial charge < -0.3 is 20.4 Å². The molecule has 3 N–H and O–H groups in total. The van der Waals surface area contributed by atoms with Crippen molar-refractivity contribution in [3.63, 3.8) is 0 Å². The summed E-state index contributed by atoms with van der Waals surface area (Å²) in [5.41, 5.74) is 3.59. The predicted molar refractivity (Wildman–Crippen MR) is 147 cm³/mol. The van der Waals surface area contributed by atoms with E-state index in [0.717, 1.165) is 35.5 Å². The molecule has 0 aliphatic heterocycles. The van der Waals surface area contributed by atoms with Crippen molar-refractivity contribution in [1.29, 1.82) is 5.41 Å². The average molecular weight is 526 g/mol. The van der Waals surface area contributed by atoms with E-state index in [1.165, 1.54) is 5.56 Å². The molecule has 0 saturated carbocycles. The molecule has 0 fully saturated rings. The normalized spacial score (nSPS) is 10.8. The lowest BCUT2D eigenvalue weighted by Gasteiger charge is -2.16. The van der Waals surface area contributed by atoms with Gasteiger partial charge in [-0.1, -0.05) is 61.3 Å². The molecule has 0 spiro atoms. The van der Waals surface area contributed by atoms with Crippen LogP contribution in [0.3, 0.4) is 0 Å². The standard InChI is InChI=1S/C29H32ClNO4S/c1-2-7-23-26(14-12-22(29(23)34)25(31)13-10-20-8-4-3-5-9-20)35-16-6-17-36-27-15-11-21(18-24(27)30)19-28(32)33/h3-5,8-9,11-12,14-15,18,31,34H,2,6-7,10,13,16-17,19H2,1H3,(H,32,33). The minimum Gasteiger partial charge on any atom is -0.507 e. The van der Waals surface area contributed by atoms with Gasteiger partial charge in [0.2, 0.25) is 0 Å². The molecular formula is C29H32ClNO4S. The van der Waals surface area contributed by atoms with E-state index in [1.807, 2.05) is 42.5 Å². The first-order valence-corrected chi connectivity index (χ1v) is 13.5. The highest BCUT2D eigenvalue weighted by atomic mass is 35.5. The number of rotatable bonds is 14. The number of halogens is 1. The molecule has 3 rings (SSSR count). The number of nitrogens with one attached hydrogen (secondary N) is 1. The van der Waals surface area contributed by atoms with Gasteiger partial charge in [-0.05, 0) is 61.1 Å². The van der Waals surface area contributed by atoms with E-state index in [2.05, 4.69) is 6.92 Å².